The molecule has 26 heavy (non-hydrogen) atoms. The van der Waals surface area contributed by atoms with E-state index in [1.165, 1.54) is 17.5 Å². The smallest absolute Gasteiger partial charge is 0.258 e. The first kappa shape index (κ1) is 16.5. The molecule has 0 unspecified atom stereocenters. The molecule has 1 aliphatic rings. The molecule has 0 spiro atoms. The van der Waals surface area contributed by atoms with Crippen molar-refractivity contribution in [1.82, 2.24) is 14.9 Å². The van der Waals surface area contributed by atoms with Gasteiger partial charge in [-0.1, -0.05) is 24.3 Å². The van der Waals surface area contributed by atoms with Crippen LogP contribution in [0.15, 0.2) is 53.6 Å². The largest absolute Gasteiger partial charge is 0.325 e. The molecule has 2 aromatic carbocycles. The normalized spacial score (nSPS) is 15.4. The van der Waals surface area contributed by atoms with E-state index in [0.29, 0.717) is 16.6 Å². The second-order valence-corrected chi connectivity index (χ2v) is 6.62. The molecule has 2 heterocycles. The number of hydrogen-bond donors (Lipinski definition) is 2. The monoisotopic (exact) mass is 348 g/mol. The summed E-state index contributed by atoms with van der Waals surface area (Å²) in [5.41, 5.74) is 3.63. The summed E-state index contributed by atoms with van der Waals surface area (Å²) in [6, 6.07) is 13.3. The molecule has 6 nitrogen and oxygen atoms in total. The van der Waals surface area contributed by atoms with Crippen LogP contribution in [0.1, 0.15) is 18.1 Å². The van der Waals surface area contributed by atoms with Gasteiger partial charge in [0.05, 0.1) is 23.3 Å². The van der Waals surface area contributed by atoms with Crippen molar-refractivity contribution in [2.24, 2.45) is 0 Å². The third-order valence-corrected chi connectivity index (χ3v) is 5.00. The van der Waals surface area contributed by atoms with Gasteiger partial charge in [0.15, 0.2) is 0 Å². The molecule has 132 valence electrons. The number of H-pyrrole nitrogens is 1. The fourth-order valence-electron chi connectivity index (χ4n) is 3.41. The SMILES string of the molecule is C[C@@H](C(=O)Nc1ccc2nc[nH]c(=O)c2c1)N1CCc2ccccc2C1. The first-order valence-electron chi connectivity index (χ1n) is 8.71. The van der Waals surface area contributed by atoms with Gasteiger partial charge >= 0.3 is 0 Å². The highest BCUT2D eigenvalue weighted by atomic mass is 16.2. The third kappa shape index (κ3) is 3.11. The maximum absolute atomic E-state index is 12.7. The minimum absolute atomic E-state index is 0.0796. The topological polar surface area (TPSA) is 78.1 Å². The molecule has 1 aromatic heterocycles. The van der Waals surface area contributed by atoms with Gasteiger partial charge in [-0.05, 0) is 42.7 Å². The van der Waals surface area contributed by atoms with Gasteiger partial charge in [0.25, 0.3) is 5.56 Å². The Morgan fingerprint density at radius 2 is 2.04 bits per heavy atom. The fraction of sp³-hybridized carbons (Fsp3) is 0.250. The minimum atomic E-state index is -0.258. The van der Waals surface area contributed by atoms with Gasteiger partial charge in [0.1, 0.15) is 0 Å². The molecule has 0 fully saturated rings. The minimum Gasteiger partial charge on any atom is -0.325 e. The van der Waals surface area contributed by atoms with Crippen molar-refractivity contribution in [1.29, 1.82) is 0 Å². The number of fused-ring (bicyclic) bond motifs is 2. The van der Waals surface area contributed by atoms with Crippen molar-refractivity contribution in [3.05, 3.63) is 70.3 Å². The Morgan fingerprint density at radius 1 is 1.23 bits per heavy atom. The summed E-state index contributed by atoms with van der Waals surface area (Å²) in [7, 11) is 0. The highest BCUT2D eigenvalue weighted by Gasteiger charge is 2.25. The molecule has 0 radical (unpaired) electrons. The highest BCUT2D eigenvalue weighted by Crippen LogP contribution is 2.21. The van der Waals surface area contributed by atoms with E-state index in [-0.39, 0.29) is 17.5 Å². The Morgan fingerprint density at radius 3 is 2.88 bits per heavy atom. The Kier molecular flexibility index (Phi) is 4.26. The second-order valence-electron chi connectivity index (χ2n) is 6.62. The van der Waals surface area contributed by atoms with Crippen LogP contribution in [0.3, 0.4) is 0 Å². The molecule has 0 aliphatic carbocycles. The lowest BCUT2D eigenvalue weighted by molar-refractivity contribution is -0.121. The molecule has 4 rings (SSSR count). The van der Waals surface area contributed by atoms with Crippen LogP contribution >= 0.6 is 0 Å². The molecular weight excluding hydrogens is 328 g/mol. The predicted molar refractivity (Wildman–Crippen MR) is 101 cm³/mol. The Labute approximate surface area is 150 Å². The van der Waals surface area contributed by atoms with Crippen molar-refractivity contribution >= 4 is 22.5 Å². The number of aromatic amines is 1. The fourth-order valence-corrected chi connectivity index (χ4v) is 3.41. The van der Waals surface area contributed by atoms with Crippen molar-refractivity contribution in [3.63, 3.8) is 0 Å². The number of benzene rings is 2. The first-order chi connectivity index (χ1) is 12.6. The van der Waals surface area contributed by atoms with E-state index < -0.39 is 0 Å². The maximum atomic E-state index is 12.7. The Balaban J connectivity index is 1.50. The molecule has 1 atom stereocenters. The summed E-state index contributed by atoms with van der Waals surface area (Å²) in [5.74, 6) is -0.0796. The van der Waals surface area contributed by atoms with E-state index >= 15 is 0 Å². The van der Waals surface area contributed by atoms with Crippen molar-refractivity contribution in [3.8, 4) is 0 Å². The Hall–Kier alpha value is -2.99. The summed E-state index contributed by atoms with van der Waals surface area (Å²) >= 11 is 0. The zero-order chi connectivity index (χ0) is 18.1. The third-order valence-electron chi connectivity index (χ3n) is 5.00. The first-order valence-corrected chi connectivity index (χ1v) is 8.71. The molecule has 3 aromatic rings. The van der Waals surface area contributed by atoms with Crippen LogP contribution in [0.5, 0.6) is 0 Å². The van der Waals surface area contributed by atoms with Gasteiger partial charge in [-0.2, -0.15) is 0 Å². The molecular formula is C20H20N4O2. The van der Waals surface area contributed by atoms with E-state index in [9.17, 15) is 9.59 Å². The Bertz CT molecular complexity index is 1030. The number of anilines is 1. The average Bonchev–Trinajstić information content (AvgIpc) is 2.67. The summed E-state index contributed by atoms with van der Waals surface area (Å²) in [5, 5.41) is 3.38. The van der Waals surface area contributed by atoms with Gasteiger partial charge in [-0.25, -0.2) is 4.98 Å². The molecule has 0 bridgehead atoms. The number of carbonyl (C=O) groups excluding carboxylic acids is 1. The zero-order valence-electron chi connectivity index (χ0n) is 14.5. The van der Waals surface area contributed by atoms with E-state index in [2.05, 4.69) is 38.4 Å². The van der Waals surface area contributed by atoms with Gasteiger partial charge in [0, 0.05) is 18.8 Å². The number of amides is 1. The predicted octanol–water partition coefficient (Wildman–Crippen LogP) is 2.31. The highest BCUT2D eigenvalue weighted by molar-refractivity contribution is 5.96. The van der Waals surface area contributed by atoms with Crippen LogP contribution in [0, 0.1) is 0 Å². The zero-order valence-corrected chi connectivity index (χ0v) is 14.5. The van der Waals surface area contributed by atoms with Crippen molar-refractivity contribution in [2.75, 3.05) is 11.9 Å². The molecule has 0 saturated heterocycles. The second kappa shape index (κ2) is 6.72. The van der Waals surface area contributed by atoms with Gasteiger partial charge in [-0.15, -0.1) is 0 Å². The molecule has 6 heteroatoms. The lowest BCUT2D eigenvalue weighted by atomic mass is 9.99. The molecule has 2 N–H and O–H groups in total. The van der Waals surface area contributed by atoms with E-state index in [0.717, 1.165) is 19.5 Å². The van der Waals surface area contributed by atoms with Gasteiger partial charge in [0.2, 0.25) is 5.91 Å². The molecule has 1 aliphatic heterocycles. The van der Waals surface area contributed by atoms with Gasteiger partial charge < -0.3 is 10.3 Å². The lowest BCUT2D eigenvalue weighted by Crippen LogP contribution is -2.44. The van der Waals surface area contributed by atoms with E-state index in [4.69, 9.17) is 0 Å². The summed E-state index contributed by atoms with van der Waals surface area (Å²) in [4.78, 5) is 33.4. The van der Waals surface area contributed by atoms with Crippen LogP contribution in [0.25, 0.3) is 10.9 Å². The maximum Gasteiger partial charge on any atom is 0.258 e. The van der Waals surface area contributed by atoms with Crippen LogP contribution in [0.2, 0.25) is 0 Å². The van der Waals surface area contributed by atoms with E-state index in [1.54, 1.807) is 18.2 Å². The summed E-state index contributed by atoms with van der Waals surface area (Å²) < 4.78 is 0. The van der Waals surface area contributed by atoms with E-state index in [1.807, 2.05) is 13.0 Å². The van der Waals surface area contributed by atoms with Crippen molar-refractivity contribution < 1.29 is 4.79 Å². The number of aromatic nitrogens is 2. The number of hydrogen-bond acceptors (Lipinski definition) is 4. The van der Waals surface area contributed by atoms with Crippen molar-refractivity contribution in [2.45, 2.75) is 25.9 Å². The summed E-state index contributed by atoms with van der Waals surface area (Å²) in [6.45, 7) is 3.54. The number of rotatable bonds is 3. The standard InChI is InChI=1S/C20H20N4O2/c1-13(24-9-8-14-4-2-3-5-15(14)11-24)19(25)23-16-6-7-18-17(10-16)20(26)22-12-21-18/h2-7,10,12-13H,8-9,11H2,1H3,(H,23,25)(H,21,22,26)/t13-/m0/s1. The van der Waals surface area contributed by atoms with Crippen LogP contribution in [-0.4, -0.2) is 33.4 Å². The quantitative estimate of drug-likeness (QED) is 0.761. The average molecular weight is 348 g/mol. The molecule has 0 saturated carbocycles. The van der Waals surface area contributed by atoms with Crippen LogP contribution in [0.4, 0.5) is 5.69 Å². The summed E-state index contributed by atoms with van der Waals surface area (Å²) in [6.07, 6.45) is 2.32. The number of nitrogens with one attached hydrogen (secondary N) is 2. The molecule has 1 amide bonds. The van der Waals surface area contributed by atoms with Crippen LogP contribution in [-0.2, 0) is 17.8 Å². The lowest BCUT2D eigenvalue weighted by Gasteiger charge is -2.32. The van der Waals surface area contributed by atoms with Gasteiger partial charge in [-0.3, -0.25) is 14.5 Å². The van der Waals surface area contributed by atoms with Crippen LogP contribution < -0.4 is 10.9 Å². The number of carbonyl (C=O) groups is 1. The number of nitrogens with zero attached hydrogens (tertiary/aromatic N) is 2.